The van der Waals surface area contributed by atoms with Gasteiger partial charge in [-0.1, -0.05) is 18.5 Å². The zero-order chi connectivity index (χ0) is 13.8. The first kappa shape index (κ1) is 14.0. The van der Waals surface area contributed by atoms with Crippen LogP contribution in [0.3, 0.4) is 0 Å². The molecule has 4 nitrogen and oxygen atoms in total. The highest BCUT2D eigenvalue weighted by atomic mass is 35.5. The summed E-state index contributed by atoms with van der Waals surface area (Å²) in [6.45, 7) is 2.41. The van der Waals surface area contributed by atoms with Crippen molar-refractivity contribution in [2.75, 3.05) is 6.61 Å². The number of rotatable bonds is 4. The van der Waals surface area contributed by atoms with Gasteiger partial charge in [-0.3, -0.25) is 0 Å². The fraction of sp³-hybridized carbons (Fsp3) is 0.250. The Bertz CT molecular complexity index is 595. The van der Waals surface area contributed by atoms with E-state index >= 15 is 0 Å². The topological polar surface area (TPSA) is 47.9 Å². The minimum Gasteiger partial charge on any atom is -0.463 e. The summed E-state index contributed by atoms with van der Waals surface area (Å²) in [7, 11) is 0. The second-order valence-electron chi connectivity index (χ2n) is 3.68. The van der Waals surface area contributed by atoms with Crippen LogP contribution in [-0.4, -0.2) is 21.6 Å². The summed E-state index contributed by atoms with van der Waals surface area (Å²) < 4.78 is 18.5. The van der Waals surface area contributed by atoms with E-state index < -0.39 is 5.82 Å². The van der Waals surface area contributed by atoms with E-state index in [0.717, 1.165) is 6.42 Å². The monoisotopic (exact) mass is 301 g/mol. The fourth-order valence-corrected chi connectivity index (χ4v) is 1.73. The molecule has 2 rings (SSSR count). The lowest BCUT2D eigenvalue weighted by Crippen LogP contribution is -2.03. The first-order valence-electron chi connectivity index (χ1n) is 5.60. The molecule has 0 aliphatic rings. The molecule has 0 fully saturated rings. The predicted octanol–water partition coefficient (Wildman–Crippen LogP) is 3.77. The molecule has 2 aromatic rings. The minimum atomic E-state index is -0.438. The van der Waals surface area contributed by atoms with E-state index in [1.807, 2.05) is 6.92 Å². The van der Waals surface area contributed by atoms with Gasteiger partial charge >= 0.3 is 6.01 Å². The van der Waals surface area contributed by atoms with Gasteiger partial charge in [0, 0.05) is 5.56 Å². The van der Waals surface area contributed by atoms with Gasteiger partial charge < -0.3 is 4.74 Å². The van der Waals surface area contributed by atoms with Crippen molar-refractivity contribution >= 4 is 23.2 Å². The third-order valence-electron chi connectivity index (χ3n) is 2.19. The normalized spacial score (nSPS) is 10.5. The fourth-order valence-electron chi connectivity index (χ4n) is 1.38. The number of benzene rings is 1. The predicted molar refractivity (Wildman–Crippen MR) is 71.0 cm³/mol. The Kier molecular flexibility index (Phi) is 4.50. The van der Waals surface area contributed by atoms with Gasteiger partial charge in [0.25, 0.3) is 0 Å². The molecule has 0 N–H and O–H groups in total. The molecule has 0 aliphatic carbocycles. The van der Waals surface area contributed by atoms with Crippen molar-refractivity contribution in [3.63, 3.8) is 0 Å². The minimum absolute atomic E-state index is 0.0311. The van der Waals surface area contributed by atoms with Crippen molar-refractivity contribution < 1.29 is 9.13 Å². The van der Waals surface area contributed by atoms with Crippen LogP contribution in [0, 0.1) is 5.82 Å². The van der Waals surface area contributed by atoms with Crippen molar-refractivity contribution in [2.45, 2.75) is 13.3 Å². The quantitative estimate of drug-likeness (QED) is 0.862. The molecule has 0 saturated heterocycles. The van der Waals surface area contributed by atoms with Gasteiger partial charge in [0.15, 0.2) is 5.82 Å². The number of ether oxygens (including phenoxy) is 1. The highest BCUT2D eigenvalue weighted by Crippen LogP contribution is 2.27. The summed E-state index contributed by atoms with van der Waals surface area (Å²) in [5.74, 6) is -0.262. The molecule has 0 saturated carbocycles. The molecule has 0 aliphatic heterocycles. The lowest BCUT2D eigenvalue weighted by Gasteiger charge is -2.06. The first-order chi connectivity index (χ1) is 9.10. The second kappa shape index (κ2) is 6.12. The van der Waals surface area contributed by atoms with Gasteiger partial charge in [-0.2, -0.15) is 15.0 Å². The van der Waals surface area contributed by atoms with Crippen molar-refractivity contribution in [1.29, 1.82) is 0 Å². The van der Waals surface area contributed by atoms with Gasteiger partial charge in [0.2, 0.25) is 5.28 Å². The van der Waals surface area contributed by atoms with Crippen LogP contribution < -0.4 is 4.74 Å². The van der Waals surface area contributed by atoms with Gasteiger partial charge in [-0.05, 0) is 36.2 Å². The van der Waals surface area contributed by atoms with Crippen molar-refractivity contribution in [3.8, 4) is 17.4 Å². The Labute approximate surface area is 119 Å². The third kappa shape index (κ3) is 3.52. The van der Waals surface area contributed by atoms with Crippen LogP contribution >= 0.6 is 23.2 Å². The zero-order valence-electron chi connectivity index (χ0n) is 10.0. The molecular weight excluding hydrogens is 292 g/mol. The highest BCUT2D eigenvalue weighted by molar-refractivity contribution is 6.33. The van der Waals surface area contributed by atoms with E-state index in [4.69, 9.17) is 27.9 Å². The van der Waals surface area contributed by atoms with Crippen LogP contribution in [0.5, 0.6) is 6.01 Å². The van der Waals surface area contributed by atoms with Gasteiger partial charge in [-0.25, -0.2) is 4.39 Å². The van der Waals surface area contributed by atoms with E-state index in [-0.39, 0.29) is 17.1 Å². The van der Waals surface area contributed by atoms with Gasteiger partial charge in [0.05, 0.1) is 11.6 Å². The lowest BCUT2D eigenvalue weighted by atomic mass is 10.2. The lowest BCUT2D eigenvalue weighted by molar-refractivity contribution is 0.291. The standard InChI is InChI=1S/C12H10Cl2FN3O/c1-2-5-19-12-17-10(16-11(14)18-12)8-6-7(15)3-4-9(8)13/h3-4,6H,2,5H2,1H3. The van der Waals surface area contributed by atoms with Crippen molar-refractivity contribution in [2.24, 2.45) is 0 Å². The van der Waals surface area contributed by atoms with Crippen LogP contribution in [0.2, 0.25) is 10.3 Å². The Morgan fingerprint density at radius 2 is 2.00 bits per heavy atom. The Morgan fingerprint density at radius 3 is 2.74 bits per heavy atom. The van der Waals surface area contributed by atoms with Gasteiger partial charge in [0.1, 0.15) is 5.82 Å². The number of halogens is 3. The summed E-state index contributed by atoms with van der Waals surface area (Å²) in [4.78, 5) is 11.8. The molecule has 0 unspecified atom stereocenters. The average Bonchev–Trinajstić information content (AvgIpc) is 2.38. The SMILES string of the molecule is CCCOc1nc(Cl)nc(-c2cc(F)ccc2Cl)n1. The zero-order valence-corrected chi connectivity index (χ0v) is 11.5. The number of aromatic nitrogens is 3. The molecule has 7 heteroatoms. The molecule has 0 atom stereocenters. The van der Waals surface area contributed by atoms with Gasteiger partial charge in [-0.15, -0.1) is 0 Å². The Balaban J connectivity index is 2.43. The van der Waals surface area contributed by atoms with Crippen LogP contribution in [0.15, 0.2) is 18.2 Å². The summed E-state index contributed by atoms with van der Waals surface area (Å²) in [5, 5.41) is 0.293. The summed E-state index contributed by atoms with van der Waals surface area (Å²) in [5.41, 5.74) is 0.340. The number of hydrogen-bond donors (Lipinski definition) is 0. The molecule has 100 valence electrons. The van der Waals surface area contributed by atoms with E-state index in [1.165, 1.54) is 18.2 Å². The summed E-state index contributed by atoms with van der Waals surface area (Å²) in [6.07, 6.45) is 0.805. The summed E-state index contributed by atoms with van der Waals surface area (Å²) >= 11 is 11.8. The largest absolute Gasteiger partial charge is 0.463 e. The van der Waals surface area contributed by atoms with E-state index in [9.17, 15) is 4.39 Å². The first-order valence-corrected chi connectivity index (χ1v) is 6.35. The molecule has 1 aromatic carbocycles. The maximum Gasteiger partial charge on any atom is 0.321 e. The van der Waals surface area contributed by atoms with Crippen molar-refractivity contribution in [1.82, 2.24) is 15.0 Å². The Morgan fingerprint density at radius 1 is 1.21 bits per heavy atom. The van der Waals surface area contributed by atoms with Crippen molar-refractivity contribution in [3.05, 3.63) is 34.3 Å². The molecule has 0 amide bonds. The highest BCUT2D eigenvalue weighted by Gasteiger charge is 2.12. The Hall–Kier alpha value is -1.46. The molecule has 0 radical (unpaired) electrons. The second-order valence-corrected chi connectivity index (χ2v) is 4.43. The van der Waals surface area contributed by atoms with E-state index in [1.54, 1.807) is 0 Å². The smallest absolute Gasteiger partial charge is 0.321 e. The van der Waals surface area contributed by atoms with Crippen LogP contribution in [0.4, 0.5) is 4.39 Å². The van der Waals surface area contributed by atoms with Crippen LogP contribution in [0.1, 0.15) is 13.3 Å². The van der Waals surface area contributed by atoms with E-state index in [0.29, 0.717) is 17.2 Å². The summed E-state index contributed by atoms with van der Waals surface area (Å²) in [6, 6.07) is 4.01. The third-order valence-corrected chi connectivity index (χ3v) is 2.69. The molecule has 1 aromatic heterocycles. The molecule has 0 bridgehead atoms. The molecular formula is C12H10Cl2FN3O. The van der Waals surface area contributed by atoms with Crippen LogP contribution in [0.25, 0.3) is 11.4 Å². The maximum absolute atomic E-state index is 13.2. The number of nitrogens with zero attached hydrogens (tertiary/aromatic N) is 3. The maximum atomic E-state index is 13.2. The molecule has 0 spiro atoms. The van der Waals surface area contributed by atoms with E-state index in [2.05, 4.69) is 15.0 Å². The molecule has 19 heavy (non-hydrogen) atoms. The van der Waals surface area contributed by atoms with Crippen LogP contribution in [-0.2, 0) is 0 Å². The molecule has 1 heterocycles. The number of hydrogen-bond acceptors (Lipinski definition) is 4. The average molecular weight is 302 g/mol.